The number of carbonyl (C=O) groups excluding carboxylic acids is 1. The van der Waals surface area contributed by atoms with Crippen molar-refractivity contribution in [3.8, 4) is 0 Å². The number of aliphatic carboxylic acids is 1. The largest absolute Gasteiger partial charge is 0.481 e. The molecule has 1 saturated carbocycles. The Morgan fingerprint density at radius 3 is 2.17 bits per heavy atom. The summed E-state index contributed by atoms with van der Waals surface area (Å²) >= 11 is 0. The molecule has 7 heteroatoms. The van der Waals surface area contributed by atoms with Gasteiger partial charge >= 0.3 is 5.97 Å². The summed E-state index contributed by atoms with van der Waals surface area (Å²) in [6.07, 6.45) is 4.52. The number of rotatable bonds is 5. The Morgan fingerprint density at radius 2 is 1.70 bits per heavy atom. The number of carboxylic acids is 1. The van der Waals surface area contributed by atoms with E-state index in [0.29, 0.717) is 25.8 Å². The lowest BCUT2D eigenvalue weighted by Gasteiger charge is -2.31. The molecule has 2 rings (SSSR count). The molecule has 0 aromatic rings. The number of amides is 1. The van der Waals surface area contributed by atoms with Crippen LogP contribution < -0.4 is 0 Å². The van der Waals surface area contributed by atoms with E-state index in [1.807, 2.05) is 0 Å². The maximum absolute atomic E-state index is 13.0. The zero-order chi connectivity index (χ0) is 17.2. The molecule has 2 fully saturated rings. The summed E-state index contributed by atoms with van der Waals surface area (Å²) in [6, 6.07) is 0. The summed E-state index contributed by atoms with van der Waals surface area (Å²) in [6.45, 7) is 3.97. The first kappa shape index (κ1) is 18.2. The average Bonchev–Trinajstić information content (AvgIpc) is 2.97. The molecule has 1 saturated heterocycles. The number of hydrogen-bond acceptors (Lipinski definition) is 4. The van der Waals surface area contributed by atoms with E-state index in [2.05, 4.69) is 0 Å². The van der Waals surface area contributed by atoms with Gasteiger partial charge in [-0.3, -0.25) is 9.59 Å². The second-order valence-corrected chi connectivity index (χ2v) is 9.47. The molecule has 2 aliphatic rings. The molecule has 2 unspecified atom stereocenters. The molecule has 0 spiro atoms. The normalized spacial score (nSPS) is 24.8. The van der Waals surface area contributed by atoms with E-state index in [4.69, 9.17) is 5.11 Å². The summed E-state index contributed by atoms with van der Waals surface area (Å²) in [5, 5.41) is 7.60. The van der Waals surface area contributed by atoms with Crippen LogP contribution in [0, 0.1) is 11.8 Å². The van der Waals surface area contributed by atoms with Gasteiger partial charge in [-0.25, -0.2) is 8.42 Å². The van der Waals surface area contributed by atoms with Gasteiger partial charge in [0.05, 0.1) is 11.2 Å². The van der Waals surface area contributed by atoms with Crippen molar-refractivity contribution < 1.29 is 23.1 Å². The molecule has 2 atom stereocenters. The minimum Gasteiger partial charge on any atom is -0.481 e. The van der Waals surface area contributed by atoms with E-state index >= 15 is 0 Å². The highest BCUT2D eigenvalue weighted by Gasteiger charge is 2.44. The van der Waals surface area contributed by atoms with Crippen LogP contribution in [0.3, 0.4) is 0 Å². The Morgan fingerprint density at radius 1 is 1.09 bits per heavy atom. The molecule has 1 amide bonds. The van der Waals surface area contributed by atoms with Crippen LogP contribution in [-0.2, 0) is 19.4 Å². The molecule has 1 heterocycles. The summed E-state index contributed by atoms with van der Waals surface area (Å²) in [7, 11) is -3.54. The fourth-order valence-electron chi connectivity index (χ4n) is 3.75. The second-order valence-electron chi connectivity index (χ2n) is 7.12. The molecule has 1 N–H and O–H groups in total. The first-order valence-corrected chi connectivity index (χ1v) is 10.1. The second kappa shape index (κ2) is 7.20. The average molecular weight is 345 g/mol. The standard InChI is InChI=1S/C16H27NO5S/c1-11(2)14(23(21,22)13-6-4-3-5-7-13)15(18)17-9-8-12(10-17)16(19)20/h11-14H,3-10H2,1-2H3,(H,19,20). The monoisotopic (exact) mass is 345 g/mol. The number of hydrogen-bond donors (Lipinski definition) is 1. The molecular weight excluding hydrogens is 318 g/mol. The van der Waals surface area contributed by atoms with Gasteiger partial charge in [0, 0.05) is 13.1 Å². The van der Waals surface area contributed by atoms with Gasteiger partial charge in [0.15, 0.2) is 9.84 Å². The molecule has 0 aromatic heterocycles. The minimum absolute atomic E-state index is 0.123. The van der Waals surface area contributed by atoms with Crippen molar-refractivity contribution in [2.45, 2.75) is 62.9 Å². The van der Waals surface area contributed by atoms with Crippen LogP contribution in [0.5, 0.6) is 0 Å². The van der Waals surface area contributed by atoms with Gasteiger partial charge in [0.1, 0.15) is 5.25 Å². The Balaban J connectivity index is 2.17. The van der Waals surface area contributed by atoms with Crippen LogP contribution in [0.15, 0.2) is 0 Å². The fraction of sp³-hybridized carbons (Fsp3) is 0.875. The van der Waals surface area contributed by atoms with Gasteiger partial charge < -0.3 is 10.0 Å². The molecule has 0 bridgehead atoms. The fourth-order valence-corrected chi connectivity index (χ4v) is 6.34. The SMILES string of the molecule is CC(C)C(C(=O)N1CCC(C(=O)O)C1)S(=O)(=O)C1CCCCC1. The van der Waals surface area contributed by atoms with Gasteiger partial charge in [-0.2, -0.15) is 0 Å². The molecule has 23 heavy (non-hydrogen) atoms. The number of sulfone groups is 1. The highest BCUT2D eigenvalue weighted by Crippen LogP contribution is 2.30. The predicted molar refractivity (Wildman–Crippen MR) is 86.7 cm³/mol. The smallest absolute Gasteiger partial charge is 0.308 e. The summed E-state index contributed by atoms with van der Waals surface area (Å²) in [5.74, 6) is -2.21. The van der Waals surface area contributed by atoms with Gasteiger partial charge in [0.2, 0.25) is 5.91 Å². The van der Waals surface area contributed by atoms with Crippen LogP contribution in [0.4, 0.5) is 0 Å². The van der Waals surface area contributed by atoms with E-state index in [9.17, 15) is 18.0 Å². The Bertz CT molecular complexity index is 551. The van der Waals surface area contributed by atoms with E-state index in [-0.39, 0.29) is 12.5 Å². The lowest BCUT2D eigenvalue weighted by atomic mass is 10.0. The van der Waals surface area contributed by atoms with Crippen molar-refractivity contribution >= 4 is 21.7 Å². The lowest BCUT2D eigenvalue weighted by Crippen LogP contribution is -2.48. The maximum atomic E-state index is 13.0. The van der Waals surface area contributed by atoms with Crippen LogP contribution in [0.1, 0.15) is 52.4 Å². The number of nitrogens with zero attached hydrogens (tertiary/aromatic N) is 1. The highest BCUT2D eigenvalue weighted by molar-refractivity contribution is 7.93. The maximum Gasteiger partial charge on any atom is 0.308 e. The van der Waals surface area contributed by atoms with Gasteiger partial charge in [0.25, 0.3) is 0 Å². The number of carbonyl (C=O) groups is 2. The lowest BCUT2D eigenvalue weighted by molar-refractivity contribution is -0.141. The van der Waals surface area contributed by atoms with E-state index in [1.54, 1.807) is 13.8 Å². The molecule has 0 aromatic carbocycles. The van der Waals surface area contributed by atoms with Crippen LogP contribution in [-0.4, -0.2) is 53.9 Å². The molecule has 6 nitrogen and oxygen atoms in total. The van der Waals surface area contributed by atoms with Crippen LogP contribution in [0.25, 0.3) is 0 Å². The van der Waals surface area contributed by atoms with Crippen molar-refractivity contribution in [3.63, 3.8) is 0 Å². The predicted octanol–water partition coefficient (Wildman–Crippen LogP) is 1.69. The molecule has 132 valence electrons. The highest BCUT2D eigenvalue weighted by atomic mass is 32.2. The van der Waals surface area contributed by atoms with Gasteiger partial charge in [-0.15, -0.1) is 0 Å². The summed E-state index contributed by atoms with van der Waals surface area (Å²) in [4.78, 5) is 25.3. The quantitative estimate of drug-likeness (QED) is 0.819. The van der Waals surface area contributed by atoms with Crippen LogP contribution in [0.2, 0.25) is 0 Å². The first-order valence-electron chi connectivity index (χ1n) is 8.49. The van der Waals surface area contributed by atoms with Crippen molar-refractivity contribution in [1.82, 2.24) is 4.90 Å². The molecule has 1 aliphatic heterocycles. The van der Waals surface area contributed by atoms with Gasteiger partial charge in [-0.05, 0) is 25.2 Å². The Kier molecular flexibility index (Phi) is 5.70. The zero-order valence-corrected chi connectivity index (χ0v) is 14.7. The Hall–Kier alpha value is -1.11. The van der Waals surface area contributed by atoms with E-state index in [1.165, 1.54) is 4.90 Å². The topological polar surface area (TPSA) is 91.8 Å². The minimum atomic E-state index is -3.54. The third-order valence-corrected chi connectivity index (χ3v) is 7.92. The van der Waals surface area contributed by atoms with Crippen molar-refractivity contribution in [3.05, 3.63) is 0 Å². The van der Waals surface area contributed by atoms with E-state index in [0.717, 1.165) is 19.3 Å². The van der Waals surface area contributed by atoms with Gasteiger partial charge in [-0.1, -0.05) is 33.1 Å². The van der Waals surface area contributed by atoms with Crippen LogP contribution >= 0.6 is 0 Å². The number of likely N-dealkylation sites (tertiary alicyclic amines) is 1. The van der Waals surface area contributed by atoms with Crippen molar-refractivity contribution in [2.75, 3.05) is 13.1 Å². The summed E-state index contributed by atoms with van der Waals surface area (Å²) < 4.78 is 26.0. The third-order valence-electron chi connectivity index (χ3n) is 5.07. The van der Waals surface area contributed by atoms with Crippen molar-refractivity contribution in [1.29, 1.82) is 0 Å². The molecular formula is C16H27NO5S. The Labute approximate surface area is 138 Å². The van der Waals surface area contributed by atoms with Crippen molar-refractivity contribution in [2.24, 2.45) is 11.8 Å². The van der Waals surface area contributed by atoms with E-state index < -0.39 is 38.1 Å². The summed E-state index contributed by atoms with van der Waals surface area (Å²) in [5.41, 5.74) is 0. The zero-order valence-electron chi connectivity index (χ0n) is 13.9. The first-order chi connectivity index (χ1) is 10.7. The molecule has 0 radical (unpaired) electrons. The number of carboxylic acid groups (broad SMARTS) is 1. The third kappa shape index (κ3) is 3.87. The molecule has 1 aliphatic carbocycles.